The van der Waals surface area contributed by atoms with Crippen molar-refractivity contribution in [1.82, 2.24) is 10.2 Å². The summed E-state index contributed by atoms with van der Waals surface area (Å²) in [6, 6.07) is 0.700. The number of hydrogen-bond donors (Lipinski definition) is 1. The Kier molecular flexibility index (Phi) is 7.82. The predicted octanol–water partition coefficient (Wildman–Crippen LogP) is 3.06. The monoisotopic (exact) mass is 502 g/mol. The first-order chi connectivity index (χ1) is 15.0. The van der Waals surface area contributed by atoms with Gasteiger partial charge in [-0.25, -0.2) is 13.6 Å². The van der Waals surface area contributed by atoms with E-state index < -0.39 is 63.4 Å². The molecule has 0 aliphatic carbocycles. The van der Waals surface area contributed by atoms with E-state index in [1.54, 1.807) is 20.8 Å². The molecule has 0 spiro atoms. The molecule has 0 radical (unpaired) electrons. The third-order valence-corrected chi connectivity index (χ3v) is 5.35. The number of alkyl carbamates (subject to hydrolysis) is 1. The second kappa shape index (κ2) is 9.69. The molecule has 8 nitrogen and oxygen atoms in total. The third-order valence-electron chi connectivity index (χ3n) is 4.37. The van der Waals surface area contributed by atoms with Crippen molar-refractivity contribution >= 4 is 22.1 Å². The number of benzene rings is 1. The van der Waals surface area contributed by atoms with E-state index in [-0.39, 0.29) is 25.1 Å². The van der Waals surface area contributed by atoms with Crippen LogP contribution in [0.15, 0.2) is 18.2 Å². The zero-order chi connectivity index (χ0) is 25.2. The van der Waals surface area contributed by atoms with Crippen molar-refractivity contribution in [3.05, 3.63) is 29.6 Å². The molecule has 33 heavy (non-hydrogen) atoms. The number of carbonyl (C=O) groups excluding carboxylic acids is 2. The van der Waals surface area contributed by atoms with Gasteiger partial charge >= 0.3 is 21.7 Å². The van der Waals surface area contributed by atoms with Gasteiger partial charge in [0.2, 0.25) is 5.91 Å². The summed E-state index contributed by atoms with van der Waals surface area (Å²) in [5.74, 6) is -2.82. The maximum absolute atomic E-state index is 14.5. The summed E-state index contributed by atoms with van der Waals surface area (Å²) < 4.78 is 96.5. The van der Waals surface area contributed by atoms with E-state index in [4.69, 9.17) is 4.74 Å². The van der Waals surface area contributed by atoms with Crippen molar-refractivity contribution < 1.29 is 48.9 Å². The standard InChI is InChI=1S/C19H23F5N2O6S/c1-18(2,3)31-17(28)25-15(16(27)26-7-6-12(20)10-26)8-11-4-5-13(9-14(11)21)32-33(29,30)19(22,23)24/h4-5,9,12,15H,6-8,10H2,1-3H3,(H,25,28)/t12-,15?/m0/s1. The fourth-order valence-corrected chi connectivity index (χ4v) is 3.38. The fourth-order valence-electron chi connectivity index (χ4n) is 2.93. The van der Waals surface area contributed by atoms with Gasteiger partial charge in [0.15, 0.2) is 0 Å². The minimum absolute atomic E-state index is 0.0804. The van der Waals surface area contributed by atoms with E-state index in [2.05, 4.69) is 9.50 Å². The highest BCUT2D eigenvalue weighted by atomic mass is 32.2. The molecule has 1 aromatic rings. The molecular weight excluding hydrogens is 479 g/mol. The lowest BCUT2D eigenvalue weighted by Crippen LogP contribution is -2.50. The maximum Gasteiger partial charge on any atom is 0.534 e. The minimum Gasteiger partial charge on any atom is -0.444 e. The molecule has 1 heterocycles. The fraction of sp³-hybridized carbons (Fsp3) is 0.579. The summed E-state index contributed by atoms with van der Waals surface area (Å²) >= 11 is 0. The Labute approximate surface area is 187 Å². The Bertz CT molecular complexity index is 993. The highest BCUT2D eigenvalue weighted by Crippen LogP contribution is 2.28. The van der Waals surface area contributed by atoms with Crippen LogP contribution in [0.25, 0.3) is 0 Å². The Morgan fingerprint density at radius 1 is 1.24 bits per heavy atom. The second-order valence-electron chi connectivity index (χ2n) is 8.31. The van der Waals surface area contributed by atoms with Gasteiger partial charge < -0.3 is 19.1 Å². The Balaban J connectivity index is 2.24. The zero-order valence-electron chi connectivity index (χ0n) is 17.9. The molecule has 1 N–H and O–H groups in total. The van der Waals surface area contributed by atoms with Crippen LogP contribution in [0.1, 0.15) is 32.8 Å². The van der Waals surface area contributed by atoms with Crippen molar-refractivity contribution in [2.24, 2.45) is 0 Å². The van der Waals surface area contributed by atoms with Crippen LogP contribution in [0.2, 0.25) is 0 Å². The molecule has 14 heteroatoms. The number of hydrogen-bond acceptors (Lipinski definition) is 6. The van der Waals surface area contributed by atoms with Gasteiger partial charge in [-0.1, -0.05) is 6.07 Å². The molecular formula is C19H23F5N2O6S. The quantitative estimate of drug-likeness (QED) is 0.365. The summed E-state index contributed by atoms with van der Waals surface area (Å²) in [4.78, 5) is 26.1. The number of amides is 2. The molecule has 1 saturated heterocycles. The van der Waals surface area contributed by atoms with Crippen LogP contribution in [0.5, 0.6) is 5.75 Å². The molecule has 1 unspecified atom stereocenters. The van der Waals surface area contributed by atoms with Crippen molar-refractivity contribution in [2.45, 2.75) is 56.9 Å². The summed E-state index contributed by atoms with van der Waals surface area (Å²) in [5, 5.41) is 2.30. The molecule has 1 aromatic carbocycles. The molecule has 186 valence electrons. The van der Waals surface area contributed by atoms with Gasteiger partial charge in [-0.15, -0.1) is 0 Å². The molecule has 2 rings (SSSR count). The van der Waals surface area contributed by atoms with E-state index >= 15 is 0 Å². The number of alkyl halides is 4. The SMILES string of the molecule is CC(C)(C)OC(=O)NC(Cc1ccc(OS(=O)(=O)C(F)(F)F)cc1F)C(=O)N1CC[C@H](F)C1. The predicted molar refractivity (Wildman–Crippen MR) is 105 cm³/mol. The first-order valence-electron chi connectivity index (χ1n) is 9.70. The normalized spacial score (nSPS) is 18.1. The van der Waals surface area contributed by atoms with Crippen molar-refractivity contribution in [3.63, 3.8) is 0 Å². The van der Waals surface area contributed by atoms with E-state index in [0.717, 1.165) is 17.0 Å². The largest absolute Gasteiger partial charge is 0.534 e. The Morgan fingerprint density at radius 3 is 2.36 bits per heavy atom. The molecule has 0 aromatic heterocycles. The van der Waals surface area contributed by atoms with E-state index in [9.17, 15) is 40.0 Å². The van der Waals surface area contributed by atoms with Crippen molar-refractivity contribution in [1.29, 1.82) is 0 Å². The van der Waals surface area contributed by atoms with Crippen LogP contribution in [0.3, 0.4) is 0 Å². The second-order valence-corrected chi connectivity index (χ2v) is 9.85. The number of halogens is 5. The van der Waals surface area contributed by atoms with Gasteiger partial charge in [-0.2, -0.15) is 21.6 Å². The lowest BCUT2D eigenvalue weighted by Gasteiger charge is -2.26. The summed E-state index contributed by atoms with van der Waals surface area (Å²) in [6.07, 6.45) is -2.61. The average Bonchev–Trinajstić information content (AvgIpc) is 3.06. The lowest BCUT2D eigenvalue weighted by molar-refractivity contribution is -0.132. The highest BCUT2D eigenvalue weighted by molar-refractivity contribution is 7.88. The number of carbonyl (C=O) groups is 2. The van der Waals surface area contributed by atoms with Crippen LogP contribution in [0.4, 0.5) is 26.7 Å². The first-order valence-corrected chi connectivity index (χ1v) is 11.1. The zero-order valence-corrected chi connectivity index (χ0v) is 18.7. The highest BCUT2D eigenvalue weighted by Gasteiger charge is 2.48. The smallest absolute Gasteiger partial charge is 0.444 e. The number of ether oxygens (including phenoxy) is 1. The Hall–Kier alpha value is -2.64. The van der Waals surface area contributed by atoms with Gasteiger partial charge in [0, 0.05) is 19.0 Å². The van der Waals surface area contributed by atoms with Crippen LogP contribution < -0.4 is 9.50 Å². The molecule has 0 bridgehead atoms. The summed E-state index contributed by atoms with van der Waals surface area (Å²) in [5.41, 5.74) is -6.86. The average molecular weight is 502 g/mol. The van der Waals surface area contributed by atoms with Crippen LogP contribution in [0, 0.1) is 5.82 Å². The number of nitrogens with zero attached hydrogens (tertiary/aromatic N) is 1. The summed E-state index contributed by atoms with van der Waals surface area (Å²) in [6.45, 7) is 4.59. The van der Waals surface area contributed by atoms with Crippen LogP contribution >= 0.6 is 0 Å². The van der Waals surface area contributed by atoms with E-state index in [1.165, 1.54) is 0 Å². The topological polar surface area (TPSA) is 102 Å². The minimum atomic E-state index is -6.00. The van der Waals surface area contributed by atoms with Gasteiger partial charge in [0.25, 0.3) is 0 Å². The van der Waals surface area contributed by atoms with Crippen LogP contribution in [-0.2, 0) is 26.1 Å². The van der Waals surface area contributed by atoms with Crippen molar-refractivity contribution in [3.8, 4) is 5.75 Å². The molecule has 1 aliphatic heterocycles. The third kappa shape index (κ3) is 7.44. The molecule has 1 fully saturated rings. The van der Waals surface area contributed by atoms with Gasteiger partial charge in [0.05, 0.1) is 6.54 Å². The van der Waals surface area contributed by atoms with E-state index in [0.29, 0.717) is 6.07 Å². The molecule has 0 saturated carbocycles. The first kappa shape index (κ1) is 26.6. The molecule has 2 amide bonds. The van der Waals surface area contributed by atoms with Crippen molar-refractivity contribution in [2.75, 3.05) is 13.1 Å². The van der Waals surface area contributed by atoms with Gasteiger partial charge in [0.1, 0.15) is 29.4 Å². The lowest BCUT2D eigenvalue weighted by atomic mass is 10.0. The van der Waals surface area contributed by atoms with Crippen LogP contribution in [-0.4, -0.2) is 61.7 Å². The van der Waals surface area contributed by atoms with Gasteiger partial charge in [-0.3, -0.25) is 4.79 Å². The number of likely N-dealkylation sites (tertiary alicyclic amines) is 1. The Morgan fingerprint density at radius 2 is 1.88 bits per heavy atom. The summed E-state index contributed by atoms with van der Waals surface area (Å²) in [7, 11) is -6.00. The number of rotatable bonds is 6. The number of nitrogens with one attached hydrogen (secondary N) is 1. The van der Waals surface area contributed by atoms with E-state index in [1.807, 2.05) is 0 Å². The van der Waals surface area contributed by atoms with Gasteiger partial charge in [-0.05, 0) is 38.8 Å². The molecule has 1 aliphatic rings. The maximum atomic E-state index is 14.5. The molecule has 2 atom stereocenters.